The summed E-state index contributed by atoms with van der Waals surface area (Å²) in [5.74, 6) is 0. The van der Waals surface area contributed by atoms with Crippen LogP contribution in [0.25, 0.3) is 0 Å². The molecule has 0 radical (unpaired) electrons. The Morgan fingerprint density at radius 2 is 1.86 bits per heavy atom. The average molecular weight is 261 g/mol. The number of alkyl halides is 3. The first-order valence-corrected chi connectivity index (χ1v) is 5.73. The van der Waals surface area contributed by atoms with E-state index in [1.54, 1.807) is 7.11 Å². The number of rotatable bonds is 2. The van der Waals surface area contributed by atoms with Crippen molar-refractivity contribution in [2.45, 2.75) is 30.3 Å². The largest absolute Gasteiger partial charge is 0.358 e. The van der Waals surface area contributed by atoms with Crippen molar-refractivity contribution >= 4 is 34.8 Å². The lowest BCUT2D eigenvalue weighted by Crippen LogP contribution is -2.78. The zero-order valence-electron chi connectivity index (χ0n) is 8.90. The number of nitrogens with zero attached hydrogens (tertiary/aromatic N) is 1. The highest BCUT2D eigenvalue weighted by Crippen LogP contribution is 2.58. The zero-order chi connectivity index (χ0) is 11.2. The van der Waals surface area contributed by atoms with E-state index in [-0.39, 0.29) is 5.41 Å². The van der Waals surface area contributed by atoms with E-state index in [0.29, 0.717) is 0 Å². The highest BCUT2D eigenvalue weighted by Gasteiger charge is 2.69. The summed E-state index contributed by atoms with van der Waals surface area (Å²) in [5.41, 5.74) is -0.956. The van der Waals surface area contributed by atoms with Crippen LogP contribution in [-0.2, 0) is 4.74 Å². The van der Waals surface area contributed by atoms with Crippen molar-refractivity contribution in [3.8, 4) is 0 Å². The van der Waals surface area contributed by atoms with Gasteiger partial charge >= 0.3 is 0 Å². The van der Waals surface area contributed by atoms with E-state index in [1.165, 1.54) is 0 Å². The first-order chi connectivity index (χ1) is 6.23. The van der Waals surface area contributed by atoms with Crippen LogP contribution >= 0.6 is 34.8 Å². The fraction of sp³-hybridized carbons (Fsp3) is 1.00. The number of ether oxygens (including phenoxy) is 1. The third-order valence-corrected chi connectivity index (χ3v) is 3.78. The van der Waals surface area contributed by atoms with Crippen LogP contribution in [0.5, 0.6) is 0 Å². The molecule has 0 aromatic rings. The van der Waals surface area contributed by atoms with Crippen molar-refractivity contribution in [2.75, 3.05) is 20.2 Å². The molecule has 1 unspecified atom stereocenters. The maximum atomic E-state index is 6.01. The first-order valence-electron chi connectivity index (χ1n) is 4.60. The number of methoxy groups -OCH3 is 1. The minimum absolute atomic E-state index is 0.150. The molecule has 1 saturated heterocycles. The average Bonchev–Trinajstić information content (AvgIpc) is 1.99. The van der Waals surface area contributed by atoms with Crippen LogP contribution in [0, 0.1) is 5.41 Å². The molecule has 0 bridgehead atoms. The van der Waals surface area contributed by atoms with Gasteiger partial charge in [0.05, 0.1) is 0 Å². The fourth-order valence-electron chi connectivity index (χ4n) is 2.45. The van der Waals surface area contributed by atoms with Crippen molar-refractivity contribution in [1.82, 2.24) is 4.90 Å². The Hall–Kier alpha value is 0.790. The molecule has 0 aliphatic carbocycles. The predicted octanol–water partition coefficient (Wildman–Crippen LogP) is 3.06. The van der Waals surface area contributed by atoms with Gasteiger partial charge in [-0.3, -0.25) is 4.90 Å². The normalized spacial score (nSPS) is 32.8. The van der Waals surface area contributed by atoms with Crippen LogP contribution in [0.15, 0.2) is 0 Å². The molecule has 0 aromatic carbocycles. The van der Waals surface area contributed by atoms with Crippen molar-refractivity contribution in [1.29, 1.82) is 0 Å². The quantitative estimate of drug-likeness (QED) is 0.708. The molecule has 0 N–H and O–H groups in total. The monoisotopic (exact) mass is 259 g/mol. The van der Waals surface area contributed by atoms with Crippen molar-refractivity contribution in [3.05, 3.63) is 0 Å². The SMILES string of the molecule is CCN1CC(C)(C)C1(OC)C(Cl)(Cl)Cl. The second-order valence-corrected chi connectivity index (χ2v) is 6.53. The van der Waals surface area contributed by atoms with E-state index in [2.05, 4.69) is 0 Å². The highest BCUT2D eigenvalue weighted by atomic mass is 35.6. The Bertz CT molecular complexity index is 214. The molecule has 1 aliphatic rings. The molecule has 5 heteroatoms. The summed E-state index contributed by atoms with van der Waals surface area (Å²) in [4.78, 5) is 2.04. The van der Waals surface area contributed by atoms with Crippen molar-refractivity contribution in [3.63, 3.8) is 0 Å². The second kappa shape index (κ2) is 3.67. The molecule has 1 aliphatic heterocycles. The van der Waals surface area contributed by atoms with Crippen LogP contribution in [-0.4, -0.2) is 34.6 Å². The molecule has 0 aromatic heterocycles. The van der Waals surface area contributed by atoms with E-state index >= 15 is 0 Å². The molecule has 84 valence electrons. The lowest BCUT2D eigenvalue weighted by atomic mass is 9.71. The van der Waals surface area contributed by atoms with E-state index in [1.807, 2.05) is 25.7 Å². The molecule has 14 heavy (non-hydrogen) atoms. The maximum Gasteiger partial charge on any atom is 0.233 e. The van der Waals surface area contributed by atoms with Gasteiger partial charge in [0.15, 0.2) is 5.72 Å². The third kappa shape index (κ3) is 1.47. The molecule has 0 spiro atoms. The third-order valence-electron chi connectivity index (χ3n) is 3.01. The van der Waals surface area contributed by atoms with Gasteiger partial charge in [-0.15, -0.1) is 0 Å². The summed E-state index contributed by atoms with van der Waals surface area (Å²) >= 11 is 18.0. The van der Waals surface area contributed by atoms with Crippen LogP contribution in [0.4, 0.5) is 0 Å². The van der Waals surface area contributed by atoms with Gasteiger partial charge in [0.25, 0.3) is 0 Å². The number of likely N-dealkylation sites (tertiary alicyclic amines) is 1. The van der Waals surface area contributed by atoms with Crippen LogP contribution in [0.2, 0.25) is 0 Å². The van der Waals surface area contributed by atoms with E-state index in [0.717, 1.165) is 13.1 Å². The standard InChI is InChI=1S/C9H16Cl3NO/c1-5-13-6-7(2,3)8(13,14-4)9(10,11)12/h5-6H2,1-4H3. The van der Waals surface area contributed by atoms with Gasteiger partial charge in [0.1, 0.15) is 0 Å². The molecule has 1 atom stereocenters. The summed E-state index contributed by atoms with van der Waals surface area (Å²) in [6.45, 7) is 7.81. The van der Waals surface area contributed by atoms with Crippen LogP contribution in [0.1, 0.15) is 20.8 Å². The van der Waals surface area contributed by atoms with Crippen molar-refractivity contribution < 1.29 is 4.74 Å². The van der Waals surface area contributed by atoms with E-state index < -0.39 is 9.52 Å². The lowest BCUT2D eigenvalue weighted by molar-refractivity contribution is -0.282. The Morgan fingerprint density at radius 1 is 1.36 bits per heavy atom. The van der Waals surface area contributed by atoms with E-state index in [4.69, 9.17) is 39.5 Å². The Kier molecular flexibility index (Phi) is 3.37. The molecular weight excluding hydrogens is 244 g/mol. The molecule has 0 saturated carbocycles. The minimum Gasteiger partial charge on any atom is -0.358 e. The van der Waals surface area contributed by atoms with Crippen molar-refractivity contribution in [2.24, 2.45) is 5.41 Å². The highest BCUT2D eigenvalue weighted by molar-refractivity contribution is 6.68. The summed E-state index contributed by atoms with van der Waals surface area (Å²) in [6.07, 6.45) is 0. The van der Waals surface area contributed by atoms with Gasteiger partial charge in [0, 0.05) is 19.1 Å². The second-order valence-electron chi connectivity index (χ2n) is 4.24. The van der Waals surface area contributed by atoms with Gasteiger partial charge < -0.3 is 4.74 Å². The summed E-state index contributed by atoms with van der Waals surface area (Å²) in [5, 5.41) is 0. The van der Waals surface area contributed by atoms with Gasteiger partial charge in [0.2, 0.25) is 3.79 Å². The van der Waals surface area contributed by atoms with Gasteiger partial charge in [-0.25, -0.2) is 0 Å². The zero-order valence-corrected chi connectivity index (χ0v) is 11.2. The predicted molar refractivity (Wildman–Crippen MR) is 61.1 cm³/mol. The van der Waals surface area contributed by atoms with Crippen LogP contribution < -0.4 is 0 Å². The Morgan fingerprint density at radius 3 is 2.00 bits per heavy atom. The minimum atomic E-state index is -1.43. The topological polar surface area (TPSA) is 12.5 Å². The molecule has 1 fully saturated rings. The Labute approximate surface area is 100 Å². The number of hydrogen-bond acceptors (Lipinski definition) is 2. The number of halogens is 3. The molecule has 2 nitrogen and oxygen atoms in total. The van der Waals surface area contributed by atoms with Gasteiger partial charge in [-0.05, 0) is 6.54 Å². The summed E-state index contributed by atoms with van der Waals surface area (Å²) in [6, 6.07) is 0. The van der Waals surface area contributed by atoms with E-state index in [9.17, 15) is 0 Å². The fourth-order valence-corrected chi connectivity index (χ4v) is 3.81. The molecule has 1 heterocycles. The Balaban J connectivity index is 3.07. The lowest BCUT2D eigenvalue weighted by Gasteiger charge is -2.65. The summed E-state index contributed by atoms with van der Waals surface area (Å²) in [7, 11) is 1.59. The number of hydrogen-bond donors (Lipinski definition) is 0. The first kappa shape index (κ1) is 12.9. The van der Waals surface area contributed by atoms with Crippen LogP contribution in [0.3, 0.4) is 0 Å². The molecule has 0 amide bonds. The van der Waals surface area contributed by atoms with Gasteiger partial charge in [-0.1, -0.05) is 55.6 Å². The smallest absolute Gasteiger partial charge is 0.233 e. The molecular formula is C9H16Cl3NO. The summed E-state index contributed by atoms with van der Waals surface area (Å²) < 4.78 is 4.06. The maximum absolute atomic E-state index is 6.01. The molecule has 1 rings (SSSR count). The van der Waals surface area contributed by atoms with Gasteiger partial charge in [-0.2, -0.15) is 0 Å².